The van der Waals surface area contributed by atoms with Crippen molar-refractivity contribution < 1.29 is 19.4 Å². The number of nitrogens with zero attached hydrogens (tertiary/aromatic N) is 1. The van der Waals surface area contributed by atoms with Gasteiger partial charge in [-0.25, -0.2) is 0 Å². The van der Waals surface area contributed by atoms with Crippen LogP contribution in [-0.2, 0) is 9.53 Å². The molecule has 1 unspecified atom stereocenters. The maximum Gasteiger partial charge on any atom is 0.308 e. The van der Waals surface area contributed by atoms with Gasteiger partial charge in [-0.3, -0.25) is 4.79 Å². The molecule has 0 heterocycles. The summed E-state index contributed by atoms with van der Waals surface area (Å²) in [5.74, 6) is 0.307. The highest BCUT2D eigenvalue weighted by Crippen LogP contribution is 2.26. The SMILES string of the molecule is COC(=O)CC(O)CN(C)c1ccccc1OC. The zero-order valence-electron chi connectivity index (χ0n) is 10.9. The quantitative estimate of drug-likeness (QED) is 0.768. The van der Waals surface area contributed by atoms with Gasteiger partial charge in [0.2, 0.25) is 0 Å². The van der Waals surface area contributed by atoms with Crippen LogP contribution in [0.4, 0.5) is 5.69 Å². The minimum absolute atomic E-state index is 0.0179. The number of rotatable bonds is 6. The van der Waals surface area contributed by atoms with Crippen LogP contribution in [-0.4, -0.2) is 45.0 Å². The van der Waals surface area contributed by atoms with Gasteiger partial charge in [0, 0.05) is 13.6 Å². The Labute approximate surface area is 107 Å². The normalized spacial score (nSPS) is 11.8. The van der Waals surface area contributed by atoms with E-state index in [2.05, 4.69) is 4.74 Å². The lowest BCUT2D eigenvalue weighted by atomic mass is 10.2. The third-order valence-electron chi connectivity index (χ3n) is 2.61. The molecule has 0 saturated heterocycles. The molecule has 0 radical (unpaired) electrons. The molecule has 1 aromatic carbocycles. The van der Waals surface area contributed by atoms with E-state index >= 15 is 0 Å². The Morgan fingerprint density at radius 1 is 1.39 bits per heavy atom. The zero-order valence-corrected chi connectivity index (χ0v) is 10.9. The van der Waals surface area contributed by atoms with E-state index in [0.717, 1.165) is 11.4 Å². The number of carbonyl (C=O) groups is 1. The predicted molar refractivity (Wildman–Crippen MR) is 68.9 cm³/mol. The Morgan fingerprint density at radius 2 is 2.06 bits per heavy atom. The van der Waals surface area contributed by atoms with E-state index < -0.39 is 12.1 Å². The summed E-state index contributed by atoms with van der Waals surface area (Å²) in [6.07, 6.45) is -0.789. The van der Waals surface area contributed by atoms with Gasteiger partial charge in [0.25, 0.3) is 0 Å². The van der Waals surface area contributed by atoms with Crippen molar-refractivity contribution >= 4 is 11.7 Å². The third kappa shape index (κ3) is 3.92. The first-order valence-corrected chi connectivity index (χ1v) is 5.67. The number of hydrogen-bond donors (Lipinski definition) is 1. The number of para-hydroxylation sites is 2. The molecule has 0 amide bonds. The fourth-order valence-electron chi connectivity index (χ4n) is 1.70. The number of carbonyl (C=O) groups excluding carboxylic acids is 1. The van der Waals surface area contributed by atoms with Crippen LogP contribution in [0.3, 0.4) is 0 Å². The summed E-state index contributed by atoms with van der Waals surface area (Å²) < 4.78 is 9.75. The maximum atomic E-state index is 11.0. The first-order valence-electron chi connectivity index (χ1n) is 5.67. The summed E-state index contributed by atoms with van der Waals surface area (Å²) in [4.78, 5) is 12.9. The van der Waals surface area contributed by atoms with Gasteiger partial charge in [0.05, 0.1) is 32.4 Å². The van der Waals surface area contributed by atoms with E-state index in [1.54, 1.807) is 7.11 Å². The summed E-state index contributed by atoms with van der Waals surface area (Å²) >= 11 is 0. The van der Waals surface area contributed by atoms with Crippen molar-refractivity contribution in [3.05, 3.63) is 24.3 Å². The molecule has 0 spiro atoms. The van der Waals surface area contributed by atoms with E-state index in [9.17, 15) is 9.90 Å². The van der Waals surface area contributed by atoms with E-state index in [1.807, 2.05) is 36.2 Å². The van der Waals surface area contributed by atoms with Gasteiger partial charge < -0.3 is 19.5 Å². The molecule has 100 valence electrons. The highest BCUT2D eigenvalue weighted by atomic mass is 16.5. The number of esters is 1. The first-order chi connectivity index (χ1) is 8.58. The van der Waals surface area contributed by atoms with Crippen LogP contribution in [0.5, 0.6) is 5.75 Å². The summed E-state index contributed by atoms with van der Waals surface area (Å²) in [6.45, 7) is 0.329. The number of aliphatic hydroxyl groups is 1. The van der Waals surface area contributed by atoms with Gasteiger partial charge in [-0.05, 0) is 12.1 Å². The largest absolute Gasteiger partial charge is 0.495 e. The standard InChI is InChI=1S/C13H19NO4/c1-14(9-10(15)8-13(16)18-3)11-6-4-5-7-12(11)17-2/h4-7,10,15H,8-9H2,1-3H3. The van der Waals surface area contributed by atoms with Crippen LogP contribution in [0.15, 0.2) is 24.3 Å². The minimum atomic E-state index is -0.771. The second-order valence-electron chi connectivity index (χ2n) is 3.99. The molecule has 1 atom stereocenters. The van der Waals surface area contributed by atoms with Gasteiger partial charge in [0.1, 0.15) is 5.75 Å². The minimum Gasteiger partial charge on any atom is -0.495 e. The number of anilines is 1. The Morgan fingerprint density at radius 3 is 2.67 bits per heavy atom. The average Bonchev–Trinajstić information content (AvgIpc) is 2.38. The van der Waals surface area contributed by atoms with E-state index in [4.69, 9.17) is 4.74 Å². The second-order valence-corrected chi connectivity index (χ2v) is 3.99. The van der Waals surface area contributed by atoms with Crippen molar-refractivity contribution in [3.8, 4) is 5.75 Å². The summed E-state index contributed by atoms with van der Waals surface area (Å²) in [5.41, 5.74) is 0.865. The molecule has 0 aliphatic carbocycles. The molecule has 0 aliphatic heterocycles. The smallest absolute Gasteiger partial charge is 0.308 e. The first kappa shape index (κ1) is 14.3. The predicted octanol–water partition coefficient (Wildman–Crippen LogP) is 1.06. The number of aliphatic hydroxyl groups excluding tert-OH is 1. The summed E-state index contributed by atoms with van der Waals surface area (Å²) in [5, 5.41) is 9.76. The lowest BCUT2D eigenvalue weighted by molar-refractivity contribution is -0.142. The van der Waals surface area contributed by atoms with Crippen LogP contribution in [0.25, 0.3) is 0 Å². The fourth-order valence-corrected chi connectivity index (χ4v) is 1.70. The molecule has 5 nitrogen and oxygen atoms in total. The molecular weight excluding hydrogens is 234 g/mol. The Hall–Kier alpha value is -1.75. The molecule has 0 aromatic heterocycles. The number of methoxy groups -OCH3 is 2. The van der Waals surface area contributed by atoms with Crippen molar-refractivity contribution in [1.29, 1.82) is 0 Å². The van der Waals surface area contributed by atoms with Crippen LogP contribution >= 0.6 is 0 Å². The highest BCUT2D eigenvalue weighted by Gasteiger charge is 2.15. The molecule has 5 heteroatoms. The van der Waals surface area contributed by atoms with Gasteiger partial charge >= 0.3 is 5.97 Å². The van der Waals surface area contributed by atoms with Crippen molar-refractivity contribution in [2.45, 2.75) is 12.5 Å². The van der Waals surface area contributed by atoms with Crippen LogP contribution in [0, 0.1) is 0 Å². The van der Waals surface area contributed by atoms with Crippen LogP contribution in [0.1, 0.15) is 6.42 Å². The Bertz CT molecular complexity index is 394. The number of ether oxygens (including phenoxy) is 2. The second kappa shape index (κ2) is 6.86. The lowest BCUT2D eigenvalue weighted by Crippen LogP contribution is -2.31. The van der Waals surface area contributed by atoms with Gasteiger partial charge in [-0.1, -0.05) is 12.1 Å². The van der Waals surface area contributed by atoms with E-state index in [-0.39, 0.29) is 6.42 Å². The van der Waals surface area contributed by atoms with Crippen molar-refractivity contribution in [3.63, 3.8) is 0 Å². The van der Waals surface area contributed by atoms with E-state index in [0.29, 0.717) is 6.54 Å². The van der Waals surface area contributed by atoms with Crippen LogP contribution < -0.4 is 9.64 Å². The lowest BCUT2D eigenvalue weighted by Gasteiger charge is -2.23. The molecule has 0 fully saturated rings. The third-order valence-corrected chi connectivity index (χ3v) is 2.61. The molecule has 1 aromatic rings. The topological polar surface area (TPSA) is 59.0 Å². The van der Waals surface area contributed by atoms with Crippen LogP contribution in [0.2, 0.25) is 0 Å². The fraction of sp³-hybridized carbons (Fsp3) is 0.462. The molecular formula is C13H19NO4. The molecule has 0 saturated carbocycles. The average molecular weight is 253 g/mol. The van der Waals surface area contributed by atoms with Gasteiger partial charge in [0.15, 0.2) is 0 Å². The zero-order chi connectivity index (χ0) is 13.5. The maximum absolute atomic E-state index is 11.0. The van der Waals surface area contributed by atoms with Crippen molar-refractivity contribution in [2.75, 3.05) is 32.7 Å². The molecule has 0 bridgehead atoms. The number of hydrogen-bond acceptors (Lipinski definition) is 5. The Balaban J connectivity index is 2.64. The highest BCUT2D eigenvalue weighted by molar-refractivity contribution is 5.70. The monoisotopic (exact) mass is 253 g/mol. The van der Waals surface area contributed by atoms with Crippen molar-refractivity contribution in [2.24, 2.45) is 0 Å². The van der Waals surface area contributed by atoms with Gasteiger partial charge in [-0.15, -0.1) is 0 Å². The van der Waals surface area contributed by atoms with E-state index in [1.165, 1.54) is 7.11 Å². The van der Waals surface area contributed by atoms with Crippen molar-refractivity contribution in [1.82, 2.24) is 0 Å². The number of likely N-dealkylation sites (N-methyl/N-ethyl adjacent to an activating group) is 1. The Kier molecular flexibility index (Phi) is 5.45. The molecule has 0 aliphatic rings. The summed E-state index contributed by atoms with van der Waals surface area (Å²) in [7, 11) is 4.73. The summed E-state index contributed by atoms with van der Waals surface area (Å²) in [6, 6.07) is 7.50. The molecule has 18 heavy (non-hydrogen) atoms. The van der Waals surface area contributed by atoms with Gasteiger partial charge in [-0.2, -0.15) is 0 Å². The molecule has 1 N–H and O–H groups in total. The number of benzene rings is 1. The molecule has 1 rings (SSSR count).